The van der Waals surface area contributed by atoms with E-state index in [-0.39, 0.29) is 22.7 Å². The number of nitro benzene ring substituents is 1. The van der Waals surface area contributed by atoms with Gasteiger partial charge in [0, 0.05) is 16.7 Å². The maximum absolute atomic E-state index is 12.2. The normalized spacial score (nSPS) is 10.2. The van der Waals surface area contributed by atoms with E-state index < -0.39 is 10.8 Å². The molecule has 2 rings (SSSR count). The zero-order valence-electron chi connectivity index (χ0n) is 11.0. The first-order valence-corrected chi connectivity index (χ1v) is 6.32. The number of hydrogen-bond donors (Lipinski definition) is 2. The Morgan fingerprint density at radius 2 is 2.05 bits per heavy atom. The van der Waals surface area contributed by atoms with Gasteiger partial charge < -0.3 is 10.4 Å². The molecule has 108 valence electrons. The molecule has 0 heterocycles. The SMILES string of the molecule is Cc1ccc(Cl)cc1C(=O)Nc1c(O)cccc1[N+](=O)[O-]. The van der Waals surface area contributed by atoms with E-state index in [4.69, 9.17) is 11.6 Å². The van der Waals surface area contributed by atoms with Crippen LogP contribution in [-0.2, 0) is 0 Å². The maximum atomic E-state index is 12.2. The van der Waals surface area contributed by atoms with E-state index in [0.29, 0.717) is 10.6 Å². The van der Waals surface area contributed by atoms with Gasteiger partial charge in [-0.1, -0.05) is 23.7 Å². The van der Waals surface area contributed by atoms with Gasteiger partial charge in [-0.15, -0.1) is 0 Å². The summed E-state index contributed by atoms with van der Waals surface area (Å²) in [6, 6.07) is 8.53. The molecule has 0 aliphatic rings. The lowest BCUT2D eigenvalue weighted by Crippen LogP contribution is -2.14. The molecule has 21 heavy (non-hydrogen) atoms. The Bertz CT molecular complexity index is 731. The number of carbonyl (C=O) groups excluding carboxylic acids is 1. The predicted molar refractivity (Wildman–Crippen MR) is 78.9 cm³/mol. The third kappa shape index (κ3) is 3.11. The number of rotatable bonds is 3. The van der Waals surface area contributed by atoms with E-state index in [1.54, 1.807) is 19.1 Å². The lowest BCUT2D eigenvalue weighted by atomic mass is 10.1. The summed E-state index contributed by atoms with van der Waals surface area (Å²) in [5.41, 5.74) is 0.310. The van der Waals surface area contributed by atoms with E-state index in [0.717, 1.165) is 0 Å². The van der Waals surface area contributed by atoms with Crippen LogP contribution in [0.2, 0.25) is 5.02 Å². The molecular weight excluding hydrogens is 296 g/mol. The average Bonchev–Trinajstić information content (AvgIpc) is 2.43. The van der Waals surface area contributed by atoms with Gasteiger partial charge in [0.15, 0.2) is 5.69 Å². The lowest BCUT2D eigenvalue weighted by molar-refractivity contribution is -0.384. The van der Waals surface area contributed by atoms with Crippen LogP contribution in [0.15, 0.2) is 36.4 Å². The number of anilines is 1. The molecule has 0 spiro atoms. The first-order chi connectivity index (χ1) is 9.90. The summed E-state index contributed by atoms with van der Waals surface area (Å²) in [6.07, 6.45) is 0. The van der Waals surface area contributed by atoms with Crippen molar-refractivity contribution in [1.29, 1.82) is 0 Å². The van der Waals surface area contributed by atoms with Crippen LogP contribution in [0.5, 0.6) is 5.75 Å². The number of amides is 1. The molecule has 2 aromatic carbocycles. The molecule has 2 N–H and O–H groups in total. The number of nitrogens with one attached hydrogen (secondary N) is 1. The van der Waals surface area contributed by atoms with Crippen LogP contribution in [0.4, 0.5) is 11.4 Å². The summed E-state index contributed by atoms with van der Waals surface area (Å²) >= 11 is 5.84. The number of phenols is 1. The summed E-state index contributed by atoms with van der Waals surface area (Å²) in [7, 11) is 0. The van der Waals surface area contributed by atoms with Crippen LogP contribution in [0.3, 0.4) is 0 Å². The first kappa shape index (κ1) is 14.8. The summed E-state index contributed by atoms with van der Waals surface area (Å²) in [5.74, 6) is -0.961. The van der Waals surface area contributed by atoms with Gasteiger partial charge in [0.1, 0.15) is 5.75 Å². The van der Waals surface area contributed by atoms with Crippen molar-refractivity contribution in [3.05, 3.63) is 62.7 Å². The largest absolute Gasteiger partial charge is 0.505 e. The Balaban J connectivity index is 2.41. The number of aromatic hydroxyl groups is 1. The highest BCUT2D eigenvalue weighted by atomic mass is 35.5. The quantitative estimate of drug-likeness (QED) is 0.515. The van der Waals surface area contributed by atoms with Gasteiger partial charge in [-0.3, -0.25) is 14.9 Å². The van der Waals surface area contributed by atoms with Crippen LogP contribution in [0.1, 0.15) is 15.9 Å². The number of hydrogen-bond acceptors (Lipinski definition) is 4. The molecule has 1 amide bonds. The number of nitrogens with zero attached hydrogens (tertiary/aromatic N) is 1. The molecule has 0 saturated carbocycles. The second-order valence-electron chi connectivity index (χ2n) is 4.34. The van der Waals surface area contributed by atoms with Crippen molar-refractivity contribution < 1.29 is 14.8 Å². The van der Waals surface area contributed by atoms with Crippen molar-refractivity contribution in [1.82, 2.24) is 0 Å². The number of aryl methyl sites for hydroxylation is 1. The Morgan fingerprint density at radius 3 is 2.71 bits per heavy atom. The highest BCUT2D eigenvalue weighted by Gasteiger charge is 2.20. The minimum atomic E-state index is -0.680. The minimum absolute atomic E-state index is 0.244. The summed E-state index contributed by atoms with van der Waals surface area (Å²) in [4.78, 5) is 22.5. The molecule has 0 radical (unpaired) electrons. The van der Waals surface area contributed by atoms with Crippen LogP contribution >= 0.6 is 11.6 Å². The molecule has 2 aromatic rings. The van der Waals surface area contributed by atoms with E-state index in [2.05, 4.69) is 5.32 Å². The standard InChI is InChI=1S/C14H11ClN2O4/c1-8-5-6-9(15)7-10(8)14(19)16-13-11(17(20)21)3-2-4-12(13)18/h2-7,18H,1H3,(H,16,19). The van der Waals surface area contributed by atoms with Crippen molar-refractivity contribution in [2.24, 2.45) is 0 Å². The van der Waals surface area contributed by atoms with Gasteiger partial charge in [0.25, 0.3) is 11.6 Å². The molecule has 7 heteroatoms. The molecular formula is C14H11ClN2O4. The second-order valence-corrected chi connectivity index (χ2v) is 4.78. The molecule has 0 atom stereocenters. The minimum Gasteiger partial charge on any atom is -0.505 e. The number of nitro groups is 1. The van der Waals surface area contributed by atoms with E-state index in [1.807, 2.05) is 0 Å². The Morgan fingerprint density at radius 1 is 1.33 bits per heavy atom. The summed E-state index contributed by atoms with van der Waals surface area (Å²) in [6.45, 7) is 1.71. The Hall–Kier alpha value is -2.60. The molecule has 0 aliphatic heterocycles. The number of benzene rings is 2. The zero-order valence-corrected chi connectivity index (χ0v) is 11.7. The molecule has 0 aliphatic carbocycles. The number of phenolic OH excluding ortho intramolecular Hbond substituents is 1. The van der Waals surface area contributed by atoms with Crippen molar-refractivity contribution in [2.75, 3.05) is 5.32 Å². The molecule has 0 unspecified atom stereocenters. The van der Waals surface area contributed by atoms with Crippen LogP contribution in [0.25, 0.3) is 0 Å². The average molecular weight is 307 g/mol. The fourth-order valence-electron chi connectivity index (χ4n) is 1.83. The predicted octanol–water partition coefficient (Wildman–Crippen LogP) is 3.51. The van der Waals surface area contributed by atoms with Crippen molar-refractivity contribution in [3.63, 3.8) is 0 Å². The lowest BCUT2D eigenvalue weighted by Gasteiger charge is -2.09. The highest BCUT2D eigenvalue weighted by Crippen LogP contribution is 2.33. The number of halogens is 1. The third-order valence-corrected chi connectivity index (χ3v) is 3.14. The van der Waals surface area contributed by atoms with Gasteiger partial charge in [-0.05, 0) is 30.7 Å². The monoisotopic (exact) mass is 306 g/mol. The van der Waals surface area contributed by atoms with Gasteiger partial charge in [-0.25, -0.2) is 0 Å². The molecule has 0 saturated heterocycles. The van der Waals surface area contributed by atoms with Crippen molar-refractivity contribution >= 4 is 28.9 Å². The molecule has 0 bridgehead atoms. The van der Waals surface area contributed by atoms with Gasteiger partial charge >= 0.3 is 0 Å². The van der Waals surface area contributed by atoms with E-state index >= 15 is 0 Å². The molecule has 6 nitrogen and oxygen atoms in total. The summed E-state index contributed by atoms with van der Waals surface area (Å²) < 4.78 is 0. The van der Waals surface area contributed by atoms with Crippen LogP contribution in [0, 0.1) is 17.0 Å². The topological polar surface area (TPSA) is 92.5 Å². The second kappa shape index (κ2) is 5.80. The van der Waals surface area contributed by atoms with Gasteiger partial charge in [0.05, 0.1) is 4.92 Å². The fraction of sp³-hybridized carbons (Fsp3) is 0.0714. The molecule has 0 aromatic heterocycles. The van der Waals surface area contributed by atoms with E-state index in [9.17, 15) is 20.0 Å². The van der Waals surface area contributed by atoms with Crippen molar-refractivity contribution in [2.45, 2.75) is 6.92 Å². The third-order valence-electron chi connectivity index (χ3n) is 2.90. The van der Waals surface area contributed by atoms with E-state index in [1.165, 1.54) is 24.3 Å². The van der Waals surface area contributed by atoms with Gasteiger partial charge in [0.2, 0.25) is 0 Å². The summed E-state index contributed by atoms with van der Waals surface area (Å²) in [5, 5.41) is 23.4. The van der Waals surface area contributed by atoms with Crippen molar-refractivity contribution in [3.8, 4) is 5.75 Å². The first-order valence-electron chi connectivity index (χ1n) is 5.94. The smallest absolute Gasteiger partial charge is 0.296 e. The van der Waals surface area contributed by atoms with Crippen LogP contribution in [-0.4, -0.2) is 15.9 Å². The Labute approximate surface area is 125 Å². The number of carbonyl (C=O) groups is 1. The zero-order chi connectivity index (χ0) is 15.6. The fourth-order valence-corrected chi connectivity index (χ4v) is 2.00. The molecule has 0 fully saturated rings. The van der Waals surface area contributed by atoms with Gasteiger partial charge in [-0.2, -0.15) is 0 Å². The highest BCUT2D eigenvalue weighted by molar-refractivity contribution is 6.31. The maximum Gasteiger partial charge on any atom is 0.296 e. The van der Waals surface area contributed by atoms with Crippen LogP contribution < -0.4 is 5.32 Å². The Kier molecular flexibility index (Phi) is 4.09. The number of para-hydroxylation sites is 1.